The van der Waals surface area contributed by atoms with Crippen LogP contribution in [0.5, 0.6) is 0 Å². The molecule has 0 aliphatic carbocycles. The maximum absolute atomic E-state index is 10.8. The number of nitrogens with one attached hydrogen (secondary N) is 1. The highest BCUT2D eigenvalue weighted by atomic mass is 32.1. The Morgan fingerprint density at radius 1 is 1.56 bits per heavy atom. The van der Waals surface area contributed by atoms with Crippen LogP contribution in [0.15, 0.2) is 27.3 Å². The van der Waals surface area contributed by atoms with Crippen LogP contribution in [0.1, 0.15) is 27.4 Å². The summed E-state index contributed by atoms with van der Waals surface area (Å²) in [7, 11) is 0. The van der Waals surface area contributed by atoms with E-state index in [4.69, 9.17) is 9.52 Å². The minimum Gasteiger partial charge on any atom is -0.475 e. The van der Waals surface area contributed by atoms with Crippen LogP contribution in [-0.2, 0) is 13.0 Å². The molecule has 0 aromatic carbocycles. The Labute approximate surface area is 109 Å². The summed E-state index contributed by atoms with van der Waals surface area (Å²) in [5, 5.41) is 16.3. The van der Waals surface area contributed by atoms with Crippen LogP contribution in [0.25, 0.3) is 0 Å². The Bertz CT molecular complexity index is 516. The van der Waals surface area contributed by atoms with E-state index in [1.54, 1.807) is 24.3 Å². The summed E-state index contributed by atoms with van der Waals surface area (Å²) in [5.74, 6) is -0.322. The van der Waals surface area contributed by atoms with Crippen LogP contribution < -0.4 is 5.32 Å². The summed E-state index contributed by atoms with van der Waals surface area (Å²) in [6.07, 6.45) is 0.967. The summed E-state index contributed by atoms with van der Waals surface area (Å²) in [4.78, 5) is 10.8. The molecule has 2 heterocycles. The van der Waals surface area contributed by atoms with Gasteiger partial charge in [-0.15, -0.1) is 0 Å². The molecule has 0 unspecified atom stereocenters. The van der Waals surface area contributed by atoms with Crippen LogP contribution >= 0.6 is 11.3 Å². The molecule has 0 fully saturated rings. The monoisotopic (exact) mass is 265 g/mol. The molecular weight excluding hydrogens is 250 g/mol. The molecule has 0 radical (unpaired) electrons. The quantitative estimate of drug-likeness (QED) is 0.788. The molecule has 0 atom stereocenters. The fourth-order valence-electron chi connectivity index (χ4n) is 1.73. The topological polar surface area (TPSA) is 62.5 Å². The second-order valence-corrected chi connectivity index (χ2v) is 4.87. The van der Waals surface area contributed by atoms with E-state index in [1.807, 2.05) is 0 Å². The molecule has 0 saturated carbocycles. The molecular formula is C13H15NO3S. The average molecular weight is 265 g/mol. The van der Waals surface area contributed by atoms with Crippen LogP contribution in [-0.4, -0.2) is 17.6 Å². The summed E-state index contributed by atoms with van der Waals surface area (Å²) < 4.78 is 5.25. The Morgan fingerprint density at radius 3 is 3.00 bits per heavy atom. The molecule has 0 spiro atoms. The van der Waals surface area contributed by atoms with E-state index in [1.165, 1.54) is 5.56 Å². The molecule has 2 rings (SSSR count). The highest BCUT2D eigenvalue weighted by Crippen LogP contribution is 2.14. The molecule has 0 bridgehead atoms. The van der Waals surface area contributed by atoms with E-state index in [9.17, 15) is 4.79 Å². The van der Waals surface area contributed by atoms with E-state index in [2.05, 4.69) is 22.1 Å². The second-order valence-electron chi connectivity index (χ2n) is 4.09. The lowest BCUT2D eigenvalue weighted by molar-refractivity contribution is 0.0659. The third kappa shape index (κ3) is 3.21. The first-order valence-electron chi connectivity index (χ1n) is 5.71. The molecule has 96 valence electrons. The Hall–Kier alpha value is -1.59. The highest BCUT2D eigenvalue weighted by Gasteiger charge is 2.13. The molecule has 0 saturated heterocycles. The largest absolute Gasteiger partial charge is 0.475 e. The number of thiophene rings is 1. The normalized spacial score (nSPS) is 10.7. The molecule has 2 N–H and O–H groups in total. The average Bonchev–Trinajstić information content (AvgIpc) is 2.94. The highest BCUT2D eigenvalue weighted by molar-refractivity contribution is 7.07. The molecule has 5 heteroatoms. The lowest BCUT2D eigenvalue weighted by Crippen LogP contribution is -2.16. The van der Waals surface area contributed by atoms with Crippen LogP contribution in [0.2, 0.25) is 0 Å². The van der Waals surface area contributed by atoms with Crippen molar-refractivity contribution in [2.24, 2.45) is 0 Å². The van der Waals surface area contributed by atoms with Gasteiger partial charge in [0.1, 0.15) is 5.76 Å². The summed E-state index contributed by atoms with van der Waals surface area (Å²) in [6, 6.07) is 3.87. The van der Waals surface area contributed by atoms with E-state index < -0.39 is 5.97 Å². The van der Waals surface area contributed by atoms with Gasteiger partial charge in [-0.25, -0.2) is 4.79 Å². The van der Waals surface area contributed by atoms with Crippen LogP contribution in [0.4, 0.5) is 0 Å². The number of hydrogen-bond donors (Lipinski definition) is 2. The number of rotatable bonds is 6. The fourth-order valence-corrected chi connectivity index (χ4v) is 2.43. The van der Waals surface area contributed by atoms with Crippen molar-refractivity contribution in [3.63, 3.8) is 0 Å². The van der Waals surface area contributed by atoms with Gasteiger partial charge in [0, 0.05) is 5.56 Å². The first kappa shape index (κ1) is 12.9. The predicted octanol–water partition coefficient (Wildman–Crippen LogP) is 2.68. The molecule has 0 aliphatic heterocycles. The first-order chi connectivity index (χ1) is 8.66. The third-order valence-corrected chi connectivity index (χ3v) is 3.36. The smallest absolute Gasteiger partial charge is 0.372 e. The van der Waals surface area contributed by atoms with E-state index in [0.717, 1.165) is 13.0 Å². The Kier molecular flexibility index (Phi) is 4.17. The Morgan fingerprint density at radius 2 is 2.39 bits per heavy atom. The van der Waals surface area contributed by atoms with Crippen LogP contribution in [0, 0.1) is 6.92 Å². The van der Waals surface area contributed by atoms with Gasteiger partial charge in [-0.1, -0.05) is 0 Å². The maximum Gasteiger partial charge on any atom is 0.372 e. The van der Waals surface area contributed by atoms with Crippen molar-refractivity contribution in [3.05, 3.63) is 45.5 Å². The number of aromatic carboxylic acids is 1. The molecule has 2 aromatic heterocycles. The number of carboxylic acid groups (broad SMARTS) is 1. The van der Waals surface area contributed by atoms with Gasteiger partial charge in [-0.3, -0.25) is 0 Å². The maximum atomic E-state index is 10.8. The van der Waals surface area contributed by atoms with Gasteiger partial charge in [-0.2, -0.15) is 11.3 Å². The standard InChI is InChI=1S/C13H15NO3S/c1-9-6-11(17-12(9)13(15)16)7-14-4-2-10-3-5-18-8-10/h3,5-6,8,14H,2,4,7H2,1H3,(H,15,16). The second kappa shape index (κ2) is 5.84. The molecule has 0 amide bonds. The number of aryl methyl sites for hydroxylation is 1. The van der Waals surface area contributed by atoms with Crippen molar-refractivity contribution in [1.82, 2.24) is 5.32 Å². The molecule has 4 nitrogen and oxygen atoms in total. The summed E-state index contributed by atoms with van der Waals surface area (Å²) >= 11 is 1.69. The number of furan rings is 1. The zero-order valence-electron chi connectivity index (χ0n) is 10.1. The minimum absolute atomic E-state index is 0.0321. The van der Waals surface area contributed by atoms with E-state index >= 15 is 0 Å². The van der Waals surface area contributed by atoms with Gasteiger partial charge in [0.05, 0.1) is 6.54 Å². The van der Waals surface area contributed by atoms with Gasteiger partial charge in [0.2, 0.25) is 5.76 Å². The third-order valence-electron chi connectivity index (χ3n) is 2.63. The summed E-state index contributed by atoms with van der Waals surface area (Å²) in [6.45, 7) is 3.14. The molecule has 18 heavy (non-hydrogen) atoms. The van der Waals surface area contributed by atoms with Crippen LogP contribution in [0.3, 0.4) is 0 Å². The molecule has 2 aromatic rings. The number of hydrogen-bond acceptors (Lipinski definition) is 4. The lowest BCUT2D eigenvalue weighted by Gasteiger charge is -2.00. The zero-order chi connectivity index (χ0) is 13.0. The number of carbonyl (C=O) groups is 1. The van der Waals surface area contributed by atoms with Gasteiger partial charge in [0.15, 0.2) is 0 Å². The van der Waals surface area contributed by atoms with Gasteiger partial charge >= 0.3 is 5.97 Å². The van der Waals surface area contributed by atoms with Crippen molar-refractivity contribution in [2.75, 3.05) is 6.54 Å². The first-order valence-corrected chi connectivity index (χ1v) is 6.65. The lowest BCUT2D eigenvalue weighted by atomic mass is 10.2. The zero-order valence-corrected chi connectivity index (χ0v) is 10.9. The van der Waals surface area contributed by atoms with Crippen molar-refractivity contribution in [3.8, 4) is 0 Å². The summed E-state index contributed by atoms with van der Waals surface area (Å²) in [5.41, 5.74) is 1.98. The van der Waals surface area contributed by atoms with Gasteiger partial charge in [0.25, 0.3) is 0 Å². The minimum atomic E-state index is -1.02. The van der Waals surface area contributed by atoms with Crippen molar-refractivity contribution >= 4 is 17.3 Å². The van der Waals surface area contributed by atoms with E-state index in [-0.39, 0.29) is 5.76 Å². The fraction of sp³-hybridized carbons (Fsp3) is 0.308. The Balaban J connectivity index is 1.80. The number of carboxylic acids is 1. The molecule has 0 aliphatic rings. The van der Waals surface area contributed by atoms with E-state index in [0.29, 0.717) is 17.9 Å². The van der Waals surface area contributed by atoms with Crippen molar-refractivity contribution in [2.45, 2.75) is 19.9 Å². The van der Waals surface area contributed by atoms with Crippen molar-refractivity contribution in [1.29, 1.82) is 0 Å². The SMILES string of the molecule is Cc1cc(CNCCc2ccsc2)oc1C(=O)O. The van der Waals surface area contributed by atoms with Crippen molar-refractivity contribution < 1.29 is 14.3 Å². The predicted molar refractivity (Wildman–Crippen MR) is 70.1 cm³/mol. The van der Waals surface area contributed by atoms with Gasteiger partial charge < -0.3 is 14.8 Å². The van der Waals surface area contributed by atoms with Gasteiger partial charge in [-0.05, 0) is 48.3 Å².